The fourth-order valence-electron chi connectivity index (χ4n) is 2.06. The predicted octanol–water partition coefficient (Wildman–Crippen LogP) is 2.97. The number of methoxy groups -OCH3 is 2. The van der Waals surface area contributed by atoms with Crippen LogP contribution in [-0.4, -0.2) is 19.3 Å². The smallest absolute Gasteiger partial charge is 0.167 e. The third kappa shape index (κ3) is 2.72. The minimum atomic E-state index is -1.17. The maximum atomic E-state index is 9.71. The van der Waals surface area contributed by atoms with E-state index in [9.17, 15) is 5.11 Å². The van der Waals surface area contributed by atoms with Gasteiger partial charge in [-0.25, -0.2) is 0 Å². The van der Waals surface area contributed by atoms with E-state index in [1.165, 1.54) is 14.2 Å². The van der Waals surface area contributed by atoms with Crippen molar-refractivity contribution in [1.82, 2.24) is 0 Å². The number of benzene rings is 2. The van der Waals surface area contributed by atoms with Gasteiger partial charge in [0.2, 0.25) is 0 Å². The van der Waals surface area contributed by atoms with E-state index in [0.717, 1.165) is 11.1 Å². The van der Waals surface area contributed by atoms with Crippen LogP contribution in [0.1, 0.15) is 11.8 Å². The molecule has 2 rings (SSSR count). The van der Waals surface area contributed by atoms with Gasteiger partial charge in [0.1, 0.15) is 6.23 Å². The normalized spacial score (nSPS) is 12.1. The zero-order valence-electron chi connectivity index (χ0n) is 11.3. The van der Waals surface area contributed by atoms with Crippen molar-refractivity contribution in [2.75, 3.05) is 14.2 Å². The van der Waals surface area contributed by atoms with E-state index < -0.39 is 6.23 Å². The highest BCUT2D eigenvalue weighted by Gasteiger charge is 2.17. The van der Waals surface area contributed by atoms with Crippen molar-refractivity contribution in [2.45, 2.75) is 6.23 Å². The number of aliphatic hydroxyl groups excluding tert-OH is 1. The molecule has 2 aromatic carbocycles. The average molecular weight is 294 g/mol. The number of nitrogens with two attached hydrogens (primary N) is 1. The Morgan fingerprint density at radius 1 is 1.15 bits per heavy atom. The van der Waals surface area contributed by atoms with Crippen molar-refractivity contribution in [3.8, 4) is 22.6 Å². The van der Waals surface area contributed by atoms with Gasteiger partial charge in [-0.2, -0.15) is 0 Å². The average Bonchev–Trinajstić information content (AvgIpc) is 2.46. The second kappa shape index (κ2) is 6.13. The summed E-state index contributed by atoms with van der Waals surface area (Å²) in [5.41, 5.74) is 7.66. The molecule has 0 aliphatic heterocycles. The largest absolute Gasteiger partial charge is 0.493 e. The molecule has 0 aliphatic rings. The molecule has 5 heteroatoms. The summed E-state index contributed by atoms with van der Waals surface area (Å²) in [7, 11) is 3.03. The summed E-state index contributed by atoms with van der Waals surface area (Å²) in [6, 6.07) is 11.0. The van der Waals surface area contributed by atoms with Gasteiger partial charge < -0.3 is 20.3 Å². The second-order valence-corrected chi connectivity index (χ2v) is 4.63. The van der Waals surface area contributed by atoms with Crippen LogP contribution in [0.3, 0.4) is 0 Å². The number of rotatable bonds is 4. The lowest BCUT2D eigenvalue weighted by Gasteiger charge is -2.17. The molecule has 1 unspecified atom stereocenters. The summed E-state index contributed by atoms with van der Waals surface area (Å²) in [4.78, 5) is 0. The molecule has 1 atom stereocenters. The lowest BCUT2D eigenvalue weighted by Crippen LogP contribution is -2.11. The summed E-state index contributed by atoms with van der Waals surface area (Å²) in [5, 5.41) is 10.3. The number of halogens is 1. The monoisotopic (exact) mass is 293 g/mol. The lowest BCUT2D eigenvalue weighted by molar-refractivity contribution is 0.180. The lowest BCUT2D eigenvalue weighted by atomic mass is 10.0. The molecule has 2 aromatic rings. The van der Waals surface area contributed by atoms with Crippen LogP contribution in [0.2, 0.25) is 5.02 Å². The van der Waals surface area contributed by atoms with Crippen LogP contribution in [0.15, 0.2) is 36.4 Å². The van der Waals surface area contributed by atoms with Crippen LogP contribution < -0.4 is 15.2 Å². The standard InChI is InChI=1S/C15H16ClNO3/c1-19-13-8-9(10-5-3-4-6-12(10)16)7-11(15(17)18)14(13)20-2/h3-8,15,18H,17H2,1-2H3. The van der Waals surface area contributed by atoms with E-state index >= 15 is 0 Å². The number of hydrogen-bond donors (Lipinski definition) is 2. The van der Waals surface area contributed by atoms with Crippen LogP contribution in [0.25, 0.3) is 11.1 Å². The van der Waals surface area contributed by atoms with Crippen molar-refractivity contribution in [1.29, 1.82) is 0 Å². The number of ether oxygens (including phenoxy) is 2. The highest BCUT2D eigenvalue weighted by atomic mass is 35.5. The summed E-state index contributed by atoms with van der Waals surface area (Å²) < 4.78 is 10.5. The minimum Gasteiger partial charge on any atom is -0.493 e. The molecule has 0 spiro atoms. The molecule has 0 amide bonds. The Labute approximate surface area is 122 Å². The summed E-state index contributed by atoms with van der Waals surface area (Å²) in [6.45, 7) is 0. The second-order valence-electron chi connectivity index (χ2n) is 4.23. The van der Waals surface area contributed by atoms with Gasteiger partial charge >= 0.3 is 0 Å². The molecule has 0 radical (unpaired) electrons. The van der Waals surface area contributed by atoms with Crippen molar-refractivity contribution in [2.24, 2.45) is 5.73 Å². The molecule has 0 aliphatic carbocycles. The van der Waals surface area contributed by atoms with Gasteiger partial charge in [-0.3, -0.25) is 0 Å². The van der Waals surface area contributed by atoms with Gasteiger partial charge in [0, 0.05) is 16.1 Å². The first-order valence-electron chi connectivity index (χ1n) is 6.03. The van der Waals surface area contributed by atoms with Crippen molar-refractivity contribution >= 4 is 11.6 Å². The van der Waals surface area contributed by atoms with E-state index in [-0.39, 0.29) is 0 Å². The molecule has 0 heterocycles. The number of aliphatic hydroxyl groups is 1. The van der Waals surface area contributed by atoms with E-state index in [4.69, 9.17) is 26.8 Å². The van der Waals surface area contributed by atoms with Crippen LogP contribution in [0.5, 0.6) is 11.5 Å². The van der Waals surface area contributed by atoms with Crippen molar-refractivity contribution in [3.05, 3.63) is 47.0 Å². The first kappa shape index (κ1) is 14.7. The van der Waals surface area contributed by atoms with Gasteiger partial charge in [0.15, 0.2) is 11.5 Å². The third-order valence-corrected chi connectivity index (χ3v) is 3.34. The van der Waals surface area contributed by atoms with Crippen LogP contribution in [0, 0.1) is 0 Å². The van der Waals surface area contributed by atoms with Gasteiger partial charge in [0.05, 0.1) is 14.2 Å². The van der Waals surface area contributed by atoms with E-state index in [1.807, 2.05) is 18.2 Å². The van der Waals surface area contributed by atoms with Gasteiger partial charge in [0.25, 0.3) is 0 Å². The maximum absolute atomic E-state index is 9.71. The topological polar surface area (TPSA) is 64.7 Å². The summed E-state index contributed by atoms with van der Waals surface area (Å²) >= 11 is 6.19. The first-order valence-corrected chi connectivity index (χ1v) is 6.40. The zero-order chi connectivity index (χ0) is 14.7. The highest BCUT2D eigenvalue weighted by Crippen LogP contribution is 2.39. The van der Waals surface area contributed by atoms with E-state index in [0.29, 0.717) is 22.1 Å². The Hall–Kier alpha value is -1.75. The van der Waals surface area contributed by atoms with Gasteiger partial charge in [-0.15, -0.1) is 0 Å². The molecule has 0 saturated heterocycles. The van der Waals surface area contributed by atoms with E-state index in [2.05, 4.69) is 0 Å². The zero-order valence-corrected chi connectivity index (χ0v) is 12.0. The van der Waals surface area contributed by atoms with Crippen LogP contribution in [0.4, 0.5) is 0 Å². The summed E-state index contributed by atoms with van der Waals surface area (Å²) in [5.74, 6) is 0.905. The molecule has 3 N–H and O–H groups in total. The molecule has 0 bridgehead atoms. The quantitative estimate of drug-likeness (QED) is 0.851. The van der Waals surface area contributed by atoms with E-state index in [1.54, 1.807) is 18.2 Å². The fourth-order valence-corrected chi connectivity index (χ4v) is 2.31. The van der Waals surface area contributed by atoms with Gasteiger partial charge in [-0.05, 0) is 23.8 Å². The minimum absolute atomic E-state index is 0.415. The molecule has 0 fully saturated rings. The molecular formula is C15H16ClNO3. The molecule has 106 valence electrons. The Balaban J connectivity index is 2.67. The van der Waals surface area contributed by atoms with Crippen molar-refractivity contribution < 1.29 is 14.6 Å². The fraction of sp³-hybridized carbons (Fsp3) is 0.200. The Morgan fingerprint density at radius 3 is 2.40 bits per heavy atom. The Morgan fingerprint density at radius 2 is 1.85 bits per heavy atom. The van der Waals surface area contributed by atoms with Crippen LogP contribution >= 0.6 is 11.6 Å². The molecule has 0 aromatic heterocycles. The molecule has 20 heavy (non-hydrogen) atoms. The molecule has 4 nitrogen and oxygen atoms in total. The Bertz CT molecular complexity index is 614. The molecule has 0 saturated carbocycles. The third-order valence-electron chi connectivity index (χ3n) is 3.01. The molecular weight excluding hydrogens is 278 g/mol. The Kier molecular flexibility index (Phi) is 4.49. The predicted molar refractivity (Wildman–Crippen MR) is 79.1 cm³/mol. The van der Waals surface area contributed by atoms with Gasteiger partial charge in [-0.1, -0.05) is 29.8 Å². The SMILES string of the molecule is COc1cc(-c2ccccc2Cl)cc(C(N)O)c1OC. The van der Waals surface area contributed by atoms with Crippen LogP contribution in [-0.2, 0) is 0 Å². The van der Waals surface area contributed by atoms with Crippen molar-refractivity contribution in [3.63, 3.8) is 0 Å². The first-order chi connectivity index (χ1) is 9.58. The maximum Gasteiger partial charge on any atom is 0.167 e. The summed E-state index contributed by atoms with van der Waals surface area (Å²) in [6.07, 6.45) is -1.17. The highest BCUT2D eigenvalue weighted by molar-refractivity contribution is 6.33. The number of hydrogen-bond acceptors (Lipinski definition) is 4.